The molecule has 0 spiro atoms. The zero-order valence-electron chi connectivity index (χ0n) is 25.1. The monoisotopic (exact) mass is 536 g/mol. The number of carbonyl (C=O) groups excluding carboxylic acids is 2. The number of ether oxygens (including phenoxy) is 3. The second kappa shape index (κ2) is 13.7. The van der Waals surface area contributed by atoms with E-state index in [4.69, 9.17) is 14.2 Å². The Morgan fingerprint density at radius 2 is 1.77 bits per heavy atom. The van der Waals surface area contributed by atoms with Crippen molar-refractivity contribution in [3.05, 3.63) is 70.5 Å². The van der Waals surface area contributed by atoms with Gasteiger partial charge in [-0.1, -0.05) is 55.0 Å². The lowest BCUT2D eigenvalue weighted by atomic mass is 9.60. The topological polar surface area (TPSA) is 61.8 Å². The van der Waals surface area contributed by atoms with Gasteiger partial charge in [-0.25, -0.2) is 0 Å². The minimum Gasteiger partial charge on any atom is -0.493 e. The van der Waals surface area contributed by atoms with Gasteiger partial charge in [0.25, 0.3) is 0 Å². The molecule has 1 aromatic carbocycles. The lowest BCUT2D eigenvalue weighted by Gasteiger charge is -2.45. The zero-order valence-corrected chi connectivity index (χ0v) is 25.1. The zero-order chi connectivity index (χ0) is 28.7. The number of hydrogen-bond acceptors (Lipinski definition) is 5. The van der Waals surface area contributed by atoms with E-state index < -0.39 is 5.41 Å². The van der Waals surface area contributed by atoms with Crippen LogP contribution in [0.2, 0.25) is 0 Å². The van der Waals surface area contributed by atoms with E-state index in [1.807, 2.05) is 39.0 Å². The summed E-state index contributed by atoms with van der Waals surface area (Å²) in [6, 6.07) is 10.1. The molecule has 1 unspecified atom stereocenters. The molecule has 3 atom stereocenters. The van der Waals surface area contributed by atoms with Crippen LogP contribution in [0.5, 0.6) is 0 Å². The first-order valence-electron chi connectivity index (χ1n) is 14.5. The normalized spacial score (nSPS) is 23.6. The van der Waals surface area contributed by atoms with Crippen LogP contribution in [0.3, 0.4) is 0 Å². The molecule has 0 amide bonds. The summed E-state index contributed by atoms with van der Waals surface area (Å²) in [5.74, 6) is 0.921. The Bertz CT molecular complexity index is 1090. The van der Waals surface area contributed by atoms with Crippen LogP contribution in [0.25, 0.3) is 0 Å². The molecule has 0 radical (unpaired) electrons. The third-order valence-corrected chi connectivity index (χ3v) is 9.01. The largest absolute Gasteiger partial charge is 0.493 e. The maximum atomic E-state index is 14.0. The van der Waals surface area contributed by atoms with Crippen molar-refractivity contribution in [2.75, 3.05) is 20.3 Å². The van der Waals surface area contributed by atoms with Crippen LogP contribution in [0, 0.1) is 17.3 Å². The molecule has 0 bridgehead atoms. The van der Waals surface area contributed by atoms with E-state index >= 15 is 0 Å². The first-order valence-corrected chi connectivity index (χ1v) is 14.5. The predicted octanol–water partition coefficient (Wildman–Crippen LogP) is 7.73. The van der Waals surface area contributed by atoms with E-state index in [9.17, 15) is 9.59 Å². The molecule has 5 heteroatoms. The molecule has 1 fully saturated rings. The second-order valence-corrected chi connectivity index (χ2v) is 11.5. The van der Waals surface area contributed by atoms with E-state index in [0.29, 0.717) is 32.5 Å². The van der Waals surface area contributed by atoms with Gasteiger partial charge in [-0.05, 0) is 89.4 Å². The van der Waals surface area contributed by atoms with Crippen molar-refractivity contribution in [2.45, 2.75) is 92.3 Å². The quantitative estimate of drug-likeness (QED) is 0.230. The Kier molecular flexibility index (Phi) is 10.9. The van der Waals surface area contributed by atoms with Gasteiger partial charge in [0, 0.05) is 31.5 Å². The molecule has 1 saturated carbocycles. The Morgan fingerprint density at radius 1 is 1.10 bits per heavy atom. The minimum absolute atomic E-state index is 0.0116. The fraction of sp³-hybridized carbons (Fsp3) is 0.588. The van der Waals surface area contributed by atoms with Gasteiger partial charge in [-0.3, -0.25) is 9.59 Å². The summed E-state index contributed by atoms with van der Waals surface area (Å²) in [5.41, 5.74) is 5.10. The maximum absolute atomic E-state index is 14.0. The molecule has 0 heterocycles. The van der Waals surface area contributed by atoms with Gasteiger partial charge in [0.15, 0.2) is 0 Å². The summed E-state index contributed by atoms with van der Waals surface area (Å²) in [6.45, 7) is 17.2. The van der Waals surface area contributed by atoms with E-state index in [-0.39, 0.29) is 42.0 Å². The predicted molar refractivity (Wildman–Crippen MR) is 156 cm³/mol. The Hall–Kier alpha value is -2.50. The summed E-state index contributed by atoms with van der Waals surface area (Å²) in [5, 5.41) is 0. The number of methoxy groups -OCH3 is 1. The van der Waals surface area contributed by atoms with Crippen LogP contribution in [-0.2, 0) is 23.8 Å². The van der Waals surface area contributed by atoms with Gasteiger partial charge in [0.2, 0.25) is 0 Å². The average molecular weight is 537 g/mol. The SMILES string of the molecule is C=C(C)C1=C(OCC)C(C)=C([C@@H](C)C(CCO[C@H](C)c2ccccc2)C(=O)CC2(C(C)=O)CC(OC)C2)CC1. The number of hydrogen-bond donors (Lipinski definition) is 0. The van der Waals surface area contributed by atoms with E-state index in [1.54, 1.807) is 14.0 Å². The van der Waals surface area contributed by atoms with E-state index in [1.165, 1.54) is 11.1 Å². The molecule has 0 aromatic heterocycles. The Labute approximate surface area is 235 Å². The fourth-order valence-corrected chi connectivity index (χ4v) is 6.37. The van der Waals surface area contributed by atoms with Crippen molar-refractivity contribution in [1.82, 2.24) is 0 Å². The highest BCUT2D eigenvalue weighted by molar-refractivity contribution is 5.91. The van der Waals surface area contributed by atoms with Crippen molar-refractivity contribution in [3.8, 4) is 0 Å². The number of carbonyl (C=O) groups is 2. The van der Waals surface area contributed by atoms with Crippen LogP contribution in [0.4, 0.5) is 0 Å². The first kappa shape index (κ1) is 31.0. The molecule has 3 rings (SSSR count). The van der Waals surface area contributed by atoms with Crippen LogP contribution >= 0.6 is 0 Å². The standard InChI is InChI=1S/C34H48O5/c1-9-38-33-24(5)30(16-15-29(33)22(2)3)23(4)31(17-18-39-25(6)27-13-11-10-12-14-27)32(36)21-34(26(7)35)19-28(20-34)37-8/h10-14,23,25,28,31H,2,9,15-21H2,1,3-8H3/t23-,25-,28?,31?,34?/m1/s1. The van der Waals surface area contributed by atoms with Gasteiger partial charge in [0.1, 0.15) is 17.3 Å². The summed E-state index contributed by atoms with van der Waals surface area (Å²) in [7, 11) is 1.67. The summed E-state index contributed by atoms with van der Waals surface area (Å²) in [4.78, 5) is 26.7. The molecule has 214 valence electrons. The van der Waals surface area contributed by atoms with Crippen LogP contribution in [0.15, 0.2) is 65.0 Å². The summed E-state index contributed by atoms with van der Waals surface area (Å²) < 4.78 is 17.8. The minimum atomic E-state index is -0.604. The highest BCUT2D eigenvalue weighted by Gasteiger charge is 2.50. The summed E-state index contributed by atoms with van der Waals surface area (Å²) >= 11 is 0. The van der Waals surface area contributed by atoms with E-state index in [0.717, 1.165) is 35.3 Å². The number of Topliss-reactive ketones (excluding diaryl/α,β-unsaturated/α-hetero) is 2. The highest BCUT2D eigenvalue weighted by Crippen LogP contribution is 2.48. The molecule has 0 saturated heterocycles. The second-order valence-electron chi connectivity index (χ2n) is 11.5. The van der Waals surface area contributed by atoms with Crippen molar-refractivity contribution < 1.29 is 23.8 Å². The van der Waals surface area contributed by atoms with Crippen molar-refractivity contribution in [3.63, 3.8) is 0 Å². The van der Waals surface area contributed by atoms with Gasteiger partial charge in [0.05, 0.1) is 18.8 Å². The molecular formula is C34H48O5. The fourth-order valence-electron chi connectivity index (χ4n) is 6.37. The number of benzene rings is 1. The third kappa shape index (κ3) is 7.18. The molecule has 2 aliphatic carbocycles. The smallest absolute Gasteiger partial charge is 0.137 e. The molecule has 1 aromatic rings. The third-order valence-electron chi connectivity index (χ3n) is 9.01. The Balaban J connectivity index is 1.86. The number of allylic oxidation sites excluding steroid dienone is 4. The molecular weight excluding hydrogens is 488 g/mol. The van der Waals surface area contributed by atoms with E-state index in [2.05, 4.69) is 32.6 Å². The molecule has 0 N–H and O–H groups in total. The average Bonchev–Trinajstić information content (AvgIpc) is 2.89. The number of rotatable bonds is 15. The lowest BCUT2D eigenvalue weighted by molar-refractivity contribution is -0.149. The molecule has 39 heavy (non-hydrogen) atoms. The van der Waals surface area contributed by atoms with Crippen molar-refractivity contribution in [1.29, 1.82) is 0 Å². The van der Waals surface area contributed by atoms with Gasteiger partial charge < -0.3 is 14.2 Å². The van der Waals surface area contributed by atoms with Gasteiger partial charge in [-0.15, -0.1) is 0 Å². The molecule has 5 nitrogen and oxygen atoms in total. The van der Waals surface area contributed by atoms with Gasteiger partial charge in [-0.2, -0.15) is 0 Å². The Morgan fingerprint density at radius 3 is 2.33 bits per heavy atom. The summed E-state index contributed by atoms with van der Waals surface area (Å²) in [6.07, 6.45) is 3.84. The molecule has 2 aliphatic rings. The maximum Gasteiger partial charge on any atom is 0.137 e. The lowest BCUT2D eigenvalue weighted by Crippen LogP contribution is -2.49. The van der Waals surface area contributed by atoms with Crippen LogP contribution in [-0.4, -0.2) is 38.0 Å². The van der Waals surface area contributed by atoms with Crippen molar-refractivity contribution in [2.24, 2.45) is 17.3 Å². The number of ketones is 2. The van der Waals surface area contributed by atoms with Crippen LogP contribution in [0.1, 0.15) is 91.7 Å². The van der Waals surface area contributed by atoms with Gasteiger partial charge >= 0.3 is 0 Å². The first-order chi connectivity index (χ1) is 18.5. The van der Waals surface area contributed by atoms with Crippen LogP contribution < -0.4 is 0 Å². The molecule has 0 aliphatic heterocycles. The highest BCUT2D eigenvalue weighted by atomic mass is 16.5. The van der Waals surface area contributed by atoms with Crippen molar-refractivity contribution >= 4 is 11.6 Å².